The van der Waals surface area contributed by atoms with Gasteiger partial charge >= 0.3 is 5.97 Å². The summed E-state index contributed by atoms with van der Waals surface area (Å²) in [6, 6.07) is 3.11. The third kappa shape index (κ3) is 2.34. The van der Waals surface area contributed by atoms with Crippen molar-refractivity contribution in [3.63, 3.8) is 0 Å². The van der Waals surface area contributed by atoms with Crippen LogP contribution in [0.25, 0.3) is 10.9 Å². The molecule has 7 heteroatoms. The van der Waals surface area contributed by atoms with E-state index in [2.05, 4.69) is 0 Å². The maximum absolute atomic E-state index is 14.9. The standard InChI is InChI=1S/C19H20FN3O3/c20-14-4-12-16(5-17(14)22-6-9-3-11(9)15(21)8-22)23(10-1-2-10)7-13(18(12)24)19(25)26/h4-5,7,9-11,15H,1-3,6,8,21H2,(H,25,26). The van der Waals surface area contributed by atoms with Gasteiger partial charge in [0.2, 0.25) is 5.43 Å². The van der Waals surface area contributed by atoms with Crippen molar-refractivity contribution in [3.05, 3.63) is 39.9 Å². The lowest BCUT2D eigenvalue weighted by Crippen LogP contribution is -2.45. The molecule has 1 saturated heterocycles. The highest BCUT2D eigenvalue weighted by atomic mass is 19.1. The van der Waals surface area contributed by atoms with E-state index in [9.17, 15) is 19.1 Å². The number of aromatic nitrogens is 1. The average molecular weight is 357 g/mol. The minimum atomic E-state index is -1.28. The summed E-state index contributed by atoms with van der Waals surface area (Å²) in [6.45, 7) is 1.38. The summed E-state index contributed by atoms with van der Waals surface area (Å²) >= 11 is 0. The second-order valence-corrected chi connectivity index (χ2v) is 7.86. The monoisotopic (exact) mass is 357 g/mol. The Bertz CT molecular complexity index is 998. The molecule has 3 N–H and O–H groups in total. The third-order valence-corrected chi connectivity index (χ3v) is 6.03. The topological polar surface area (TPSA) is 88.6 Å². The van der Waals surface area contributed by atoms with E-state index >= 15 is 0 Å². The first kappa shape index (κ1) is 15.8. The van der Waals surface area contributed by atoms with Gasteiger partial charge in [-0.05, 0) is 43.2 Å². The fraction of sp³-hybridized carbons (Fsp3) is 0.474. The van der Waals surface area contributed by atoms with E-state index in [0.717, 1.165) is 25.8 Å². The number of benzene rings is 1. The SMILES string of the molecule is NC1CN(c2cc3c(cc2F)c(=O)c(C(=O)O)cn3C2CC2)CC2CC12. The van der Waals surface area contributed by atoms with Gasteiger partial charge in [0.1, 0.15) is 11.4 Å². The van der Waals surface area contributed by atoms with Gasteiger partial charge in [-0.25, -0.2) is 9.18 Å². The van der Waals surface area contributed by atoms with E-state index in [1.165, 1.54) is 12.3 Å². The lowest BCUT2D eigenvalue weighted by Gasteiger charge is -2.32. The number of carbonyl (C=O) groups is 1. The first-order valence-corrected chi connectivity index (χ1v) is 9.06. The quantitative estimate of drug-likeness (QED) is 0.877. The molecule has 5 rings (SSSR count). The first-order valence-electron chi connectivity index (χ1n) is 9.06. The number of aromatic carboxylic acids is 1. The van der Waals surface area contributed by atoms with Crippen molar-refractivity contribution in [3.8, 4) is 0 Å². The lowest BCUT2D eigenvalue weighted by atomic mass is 10.0. The van der Waals surface area contributed by atoms with E-state index in [4.69, 9.17) is 5.73 Å². The number of nitrogens with zero attached hydrogens (tertiary/aromatic N) is 2. The molecule has 1 aromatic carbocycles. The molecule has 3 atom stereocenters. The summed E-state index contributed by atoms with van der Waals surface area (Å²) in [5, 5.41) is 9.44. The molecule has 6 nitrogen and oxygen atoms in total. The van der Waals surface area contributed by atoms with E-state index in [-0.39, 0.29) is 23.0 Å². The van der Waals surface area contributed by atoms with Crippen molar-refractivity contribution in [1.29, 1.82) is 0 Å². The fourth-order valence-electron chi connectivity index (χ4n) is 4.36. The first-order chi connectivity index (χ1) is 12.4. The predicted molar refractivity (Wildman–Crippen MR) is 95.2 cm³/mol. The second-order valence-electron chi connectivity index (χ2n) is 7.86. The number of nitrogens with two attached hydrogens (primary N) is 1. The highest BCUT2D eigenvalue weighted by Crippen LogP contribution is 2.46. The van der Waals surface area contributed by atoms with E-state index in [0.29, 0.717) is 29.6 Å². The molecule has 0 amide bonds. The van der Waals surface area contributed by atoms with Crippen LogP contribution in [0, 0.1) is 17.7 Å². The molecule has 0 spiro atoms. The number of anilines is 1. The van der Waals surface area contributed by atoms with Gasteiger partial charge in [0, 0.05) is 36.8 Å². The third-order valence-electron chi connectivity index (χ3n) is 6.03. The number of halogens is 1. The normalized spacial score (nSPS) is 27.5. The Hall–Kier alpha value is -2.41. The Kier molecular flexibility index (Phi) is 3.22. The summed E-state index contributed by atoms with van der Waals surface area (Å²) in [5.74, 6) is -0.699. The fourth-order valence-corrected chi connectivity index (χ4v) is 4.36. The number of hydrogen-bond donors (Lipinski definition) is 2. The molecule has 136 valence electrons. The largest absolute Gasteiger partial charge is 0.477 e. The van der Waals surface area contributed by atoms with Crippen molar-refractivity contribution in [2.45, 2.75) is 31.3 Å². The molecule has 2 aromatic rings. The van der Waals surface area contributed by atoms with Crippen LogP contribution in [-0.2, 0) is 0 Å². The molecule has 0 bridgehead atoms. The zero-order chi connectivity index (χ0) is 18.2. The maximum Gasteiger partial charge on any atom is 0.341 e. The van der Waals surface area contributed by atoms with Crippen LogP contribution >= 0.6 is 0 Å². The summed E-state index contributed by atoms with van der Waals surface area (Å²) in [6.07, 6.45) is 4.37. The number of pyridine rings is 1. The summed E-state index contributed by atoms with van der Waals surface area (Å²) in [5.41, 5.74) is 6.31. The average Bonchev–Trinajstić information content (AvgIpc) is 3.48. The van der Waals surface area contributed by atoms with Gasteiger partial charge in [-0.2, -0.15) is 0 Å². The number of carboxylic acids is 1. The van der Waals surface area contributed by atoms with Gasteiger partial charge in [-0.1, -0.05) is 0 Å². The van der Waals surface area contributed by atoms with Crippen LogP contribution in [0.3, 0.4) is 0 Å². The van der Waals surface area contributed by atoms with Crippen LogP contribution < -0.4 is 16.1 Å². The minimum Gasteiger partial charge on any atom is -0.477 e. The molecule has 3 fully saturated rings. The van der Waals surface area contributed by atoms with Crippen LogP contribution in [0.1, 0.15) is 35.7 Å². The van der Waals surface area contributed by atoms with E-state index < -0.39 is 17.2 Å². The number of hydrogen-bond acceptors (Lipinski definition) is 4. The Morgan fingerprint density at radius 1 is 1.27 bits per heavy atom. The van der Waals surface area contributed by atoms with Crippen molar-refractivity contribution >= 4 is 22.6 Å². The highest BCUT2D eigenvalue weighted by molar-refractivity contribution is 5.93. The van der Waals surface area contributed by atoms with Gasteiger partial charge in [-0.3, -0.25) is 4.79 Å². The molecule has 2 heterocycles. The molecule has 1 aromatic heterocycles. The molecule has 2 saturated carbocycles. The van der Waals surface area contributed by atoms with Crippen LogP contribution in [0.4, 0.5) is 10.1 Å². The summed E-state index contributed by atoms with van der Waals surface area (Å²) in [4.78, 5) is 25.9. The molecule has 0 radical (unpaired) electrons. The lowest BCUT2D eigenvalue weighted by molar-refractivity contribution is 0.0695. The number of carboxylic acid groups (broad SMARTS) is 1. The predicted octanol–water partition coefficient (Wildman–Crippen LogP) is 1.96. The number of rotatable bonds is 3. The minimum absolute atomic E-state index is 0.0452. The van der Waals surface area contributed by atoms with Crippen LogP contribution in [-0.4, -0.2) is 34.8 Å². The maximum atomic E-state index is 14.9. The Labute approximate surface area is 149 Å². The highest BCUT2D eigenvalue weighted by Gasteiger charge is 2.46. The van der Waals surface area contributed by atoms with Gasteiger partial charge < -0.3 is 20.3 Å². The van der Waals surface area contributed by atoms with Crippen LogP contribution in [0.2, 0.25) is 0 Å². The van der Waals surface area contributed by atoms with Crippen molar-refractivity contribution < 1.29 is 14.3 Å². The zero-order valence-electron chi connectivity index (χ0n) is 14.2. The van der Waals surface area contributed by atoms with E-state index in [1.54, 1.807) is 6.07 Å². The molecule has 3 aliphatic rings. The second kappa shape index (κ2) is 5.30. The number of piperidine rings is 1. The molecular weight excluding hydrogens is 337 g/mol. The Morgan fingerprint density at radius 3 is 2.69 bits per heavy atom. The van der Waals surface area contributed by atoms with Gasteiger partial charge in [0.05, 0.1) is 11.2 Å². The smallest absolute Gasteiger partial charge is 0.341 e. The van der Waals surface area contributed by atoms with Crippen molar-refractivity contribution in [1.82, 2.24) is 4.57 Å². The molecule has 26 heavy (non-hydrogen) atoms. The van der Waals surface area contributed by atoms with Crippen LogP contribution in [0.5, 0.6) is 0 Å². The summed E-state index contributed by atoms with van der Waals surface area (Å²) in [7, 11) is 0. The molecular formula is C19H20FN3O3. The van der Waals surface area contributed by atoms with Crippen LogP contribution in [0.15, 0.2) is 23.1 Å². The number of fused-ring (bicyclic) bond motifs is 2. The molecule has 2 aliphatic carbocycles. The summed E-state index contributed by atoms with van der Waals surface area (Å²) < 4.78 is 16.7. The van der Waals surface area contributed by atoms with Crippen molar-refractivity contribution in [2.75, 3.05) is 18.0 Å². The molecule has 3 unspecified atom stereocenters. The van der Waals surface area contributed by atoms with Gasteiger partial charge in [0.15, 0.2) is 0 Å². The Morgan fingerprint density at radius 2 is 2.04 bits per heavy atom. The van der Waals surface area contributed by atoms with Gasteiger partial charge in [0.25, 0.3) is 0 Å². The van der Waals surface area contributed by atoms with E-state index in [1.807, 2.05) is 9.47 Å². The zero-order valence-corrected chi connectivity index (χ0v) is 14.2. The van der Waals surface area contributed by atoms with Gasteiger partial charge in [-0.15, -0.1) is 0 Å². The Balaban J connectivity index is 1.68. The van der Waals surface area contributed by atoms with Crippen molar-refractivity contribution in [2.24, 2.45) is 17.6 Å². The molecule has 1 aliphatic heterocycles.